The first-order chi connectivity index (χ1) is 20.4. The first kappa shape index (κ1) is 33.1. The maximum absolute atomic E-state index is 13.6. The number of aromatic nitrogens is 2. The van der Waals surface area contributed by atoms with Crippen LogP contribution in [0.4, 0.5) is 4.39 Å². The van der Waals surface area contributed by atoms with Crippen molar-refractivity contribution in [3.05, 3.63) is 89.5 Å². The summed E-state index contributed by atoms with van der Waals surface area (Å²) in [7, 11) is 2.74. The molecule has 1 aliphatic heterocycles. The van der Waals surface area contributed by atoms with Crippen molar-refractivity contribution < 1.29 is 19.4 Å². The van der Waals surface area contributed by atoms with E-state index in [1.807, 2.05) is 26.1 Å². The van der Waals surface area contributed by atoms with Crippen molar-refractivity contribution in [1.82, 2.24) is 14.9 Å². The fourth-order valence-electron chi connectivity index (χ4n) is 4.77. The zero-order chi connectivity index (χ0) is 30.3. The minimum Gasteiger partial charge on any atom is -0.385 e. The van der Waals surface area contributed by atoms with Gasteiger partial charge >= 0.3 is 0 Å². The monoisotopic (exact) mass is 595 g/mol. The van der Waals surface area contributed by atoms with Gasteiger partial charge in [-0.25, -0.2) is 14.4 Å². The second kappa shape index (κ2) is 17.5. The smallest absolute Gasteiger partial charge is 0.184 e. The fourth-order valence-corrected chi connectivity index (χ4v) is 5.02. The van der Waals surface area contributed by atoms with Crippen molar-refractivity contribution >= 4 is 32.8 Å². The van der Waals surface area contributed by atoms with Crippen LogP contribution in [0.25, 0.3) is 11.0 Å². The second-order valence-electron chi connectivity index (χ2n) is 9.82. The molecular weight excluding hydrogens is 552 g/mol. The maximum Gasteiger partial charge on any atom is 0.184 e. The number of aromatic amines is 1. The molecule has 1 aliphatic carbocycles. The number of nitrogens with one attached hydrogen (secondary N) is 1. The standard InChI is InChI=1S/C30H37FN5O3P.C2H6/c1-32-39-27(30-34-25-15-10-22(31)20-26(25)35-30)16-9-21-6-4-5-19-36(23-11-13-24(40)14-12-23)28(33-18-17-21)7-2-3-8-29(37)38;1-2/h4-6,10-11,13-15,17-18,20,23,27,29,37-38H,1-3,7-9,12,16,19,40H2,(H,34,35);1-2H3/b5-4+,18-17+,21-6-,33-28?;. The number of H-pyrrole nitrogens is 1. The number of oxime groups is 1. The summed E-state index contributed by atoms with van der Waals surface area (Å²) in [4.78, 5) is 20.4. The van der Waals surface area contributed by atoms with Crippen LogP contribution in [-0.2, 0) is 4.84 Å². The molecule has 0 spiro atoms. The molecule has 3 atom stereocenters. The van der Waals surface area contributed by atoms with Crippen LogP contribution in [0, 0.1) is 5.82 Å². The molecule has 1 aromatic heterocycles. The first-order valence-electron chi connectivity index (χ1n) is 14.6. The summed E-state index contributed by atoms with van der Waals surface area (Å²) >= 11 is 0. The minimum atomic E-state index is -1.28. The summed E-state index contributed by atoms with van der Waals surface area (Å²) in [5, 5.41) is 23.3. The highest BCUT2D eigenvalue weighted by Gasteiger charge is 2.21. The van der Waals surface area contributed by atoms with Crippen LogP contribution in [0.1, 0.15) is 70.7 Å². The summed E-state index contributed by atoms with van der Waals surface area (Å²) in [6, 6.07) is 4.62. The highest BCUT2D eigenvalue weighted by atomic mass is 31.0. The number of aliphatic imine (C=N–C) groups is 1. The first-order valence-corrected chi connectivity index (χ1v) is 15.1. The van der Waals surface area contributed by atoms with Gasteiger partial charge in [0, 0.05) is 25.9 Å². The van der Waals surface area contributed by atoms with Crippen molar-refractivity contribution in [1.29, 1.82) is 0 Å². The zero-order valence-corrected chi connectivity index (χ0v) is 25.6. The molecule has 1 aromatic carbocycles. The predicted octanol–water partition coefficient (Wildman–Crippen LogP) is 6.85. The van der Waals surface area contributed by atoms with Gasteiger partial charge in [0.1, 0.15) is 11.7 Å². The molecule has 4 rings (SSSR count). The topological polar surface area (TPSA) is 106 Å². The van der Waals surface area contributed by atoms with E-state index in [1.54, 1.807) is 6.07 Å². The lowest BCUT2D eigenvalue weighted by molar-refractivity contribution is -0.0464. The van der Waals surface area contributed by atoms with Crippen LogP contribution < -0.4 is 0 Å². The number of fused-ring (bicyclic) bond motifs is 1. The van der Waals surface area contributed by atoms with Crippen LogP contribution in [0.5, 0.6) is 0 Å². The fraction of sp³-hybridized carbons (Fsp3) is 0.406. The number of halogens is 1. The van der Waals surface area contributed by atoms with Crippen molar-refractivity contribution in [2.24, 2.45) is 10.1 Å². The van der Waals surface area contributed by atoms with E-state index in [9.17, 15) is 14.6 Å². The molecule has 0 radical (unpaired) electrons. The third-order valence-corrected chi connectivity index (χ3v) is 7.30. The van der Waals surface area contributed by atoms with Crippen molar-refractivity contribution in [2.45, 2.75) is 77.2 Å². The molecule has 0 bridgehead atoms. The Morgan fingerprint density at radius 2 is 2.05 bits per heavy atom. The van der Waals surface area contributed by atoms with Crippen LogP contribution >= 0.6 is 9.24 Å². The molecular formula is C32H43FN5O3P. The second-order valence-corrected chi connectivity index (χ2v) is 10.5. The average molecular weight is 596 g/mol. The van der Waals surface area contributed by atoms with Crippen LogP contribution in [-0.4, -0.2) is 56.5 Å². The summed E-state index contributed by atoms with van der Waals surface area (Å²) in [6.45, 7) is 8.17. The Morgan fingerprint density at radius 1 is 1.21 bits per heavy atom. The van der Waals surface area contributed by atoms with E-state index < -0.39 is 12.4 Å². The van der Waals surface area contributed by atoms with Crippen molar-refractivity contribution in [3.8, 4) is 0 Å². The number of allylic oxidation sites excluding steroid dienone is 6. The summed E-state index contributed by atoms with van der Waals surface area (Å²) < 4.78 is 13.6. The number of aliphatic hydroxyl groups excluding tert-OH is 1. The van der Waals surface area contributed by atoms with Gasteiger partial charge < -0.3 is 24.9 Å². The van der Waals surface area contributed by atoms with E-state index in [1.165, 1.54) is 17.4 Å². The molecule has 0 fully saturated rings. The Labute approximate surface area is 250 Å². The van der Waals surface area contributed by atoms with E-state index in [-0.39, 0.29) is 11.9 Å². The number of amidine groups is 1. The van der Waals surface area contributed by atoms with Gasteiger partial charge in [-0.05, 0) is 73.7 Å². The molecule has 10 heteroatoms. The molecule has 226 valence electrons. The van der Waals surface area contributed by atoms with Crippen LogP contribution in [0.15, 0.2) is 88.0 Å². The third-order valence-electron chi connectivity index (χ3n) is 6.88. The van der Waals surface area contributed by atoms with Gasteiger partial charge in [-0.1, -0.05) is 50.3 Å². The lowest BCUT2D eigenvalue weighted by atomic mass is 10.0. The molecule has 0 saturated carbocycles. The normalized spacial score (nSPS) is 20.5. The average Bonchev–Trinajstić information content (AvgIpc) is 3.41. The zero-order valence-electron chi connectivity index (χ0n) is 24.5. The van der Waals surface area contributed by atoms with Gasteiger partial charge in [-0.2, -0.15) is 0 Å². The van der Waals surface area contributed by atoms with E-state index in [0.29, 0.717) is 49.1 Å². The number of aliphatic hydroxyl groups is 2. The van der Waals surface area contributed by atoms with Crippen molar-refractivity contribution in [2.75, 3.05) is 6.54 Å². The third kappa shape index (κ3) is 10.2. The number of benzene rings is 1. The van der Waals surface area contributed by atoms with E-state index in [0.717, 1.165) is 30.7 Å². The minimum absolute atomic E-state index is 0.203. The molecule has 2 aromatic rings. The molecule has 0 amide bonds. The molecule has 2 heterocycles. The summed E-state index contributed by atoms with van der Waals surface area (Å²) in [6.07, 6.45) is 19.6. The number of hydrogen-bond donors (Lipinski definition) is 3. The van der Waals surface area contributed by atoms with E-state index in [4.69, 9.17) is 9.83 Å². The Hall–Kier alpha value is -3.39. The summed E-state index contributed by atoms with van der Waals surface area (Å²) in [5.41, 5.74) is 2.32. The number of hydrogen-bond acceptors (Lipinski definition) is 7. The van der Waals surface area contributed by atoms with Gasteiger partial charge in [-0.15, -0.1) is 14.4 Å². The Balaban J connectivity index is 0.00000237. The van der Waals surface area contributed by atoms with Gasteiger partial charge in [0.05, 0.1) is 17.1 Å². The van der Waals surface area contributed by atoms with Crippen LogP contribution in [0.2, 0.25) is 0 Å². The Bertz CT molecular complexity index is 1340. The molecule has 42 heavy (non-hydrogen) atoms. The molecule has 3 N–H and O–H groups in total. The predicted molar refractivity (Wildman–Crippen MR) is 173 cm³/mol. The largest absolute Gasteiger partial charge is 0.385 e. The lowest BCUT2D eigenvalue weighted by Crippen LogP contribution is -2.39. The van der Waals surface area contributed by atoms with Gasteiger partial charge in [0.2, 0.25) is 0 Å². The van der Waals surface area contributed by atoms with Crippen LogP contribution in [0.3, 0.4) is 0 Å². The Kier molecular flexibility index (Phi) is 13.8. The Morgan fingerprint density at radius 3 is 2.79 bits per heavy atom. The molecule has 0 saturated heterocycles. The van der Waals surface area contributed by atoms with E-state index >= 15 is 0 Å². The molecule has 3 unspecified atom stereocenters. The number of imidazole rings is 1. The number of nitrogens with zero attached hydrogens (tertiary/aromatic N) is 4. The van der Waals surface area contributed by atoms with Crippen molar-refractivity contribution in [3.63, 3.8) is 0 Å². The molecule has 2 aliphatic rings. The van der Waals surface area contributed by atoms with Gasteiger partial charge in [0.15, 0.2) is 18.2 Å². The highest BCUT2D eigenvalue weighted by Crippen LogP contribution is 2.27. The maximum atomic E-state index is 13.6. The van der Waals surface area contributed by atoms with Gasteiger partial charge in [0.25, 0.3) is 0 Å². The van der Waals surface area contributed by atoms with Gasteiger partial charge in [-0.3, -0.25) is 0 Å². The summed E-state index contributed by atoms with van der Waals surface area (Å²) in [5.74, 6) is 1.21. The lowest BCUT2D eigenvalue weighted by Gasteiger charge is -2.33. The quantitative estimate of drug-likeness (QED) is 0.0818. The highest BCUT2D eigenvalue weighted by molar-refractivity contribution is 7.22. The molecule has 8 nitrogen and oxygen atoms in total. The van der Waals surface area contributed by atoms with E-state index in [2.05, 4.69) is 72.4 Å². The SMILES string of the molecule is C=NOC(CCC1=C/C=C/CN(C2C=CC(P)=CC2)C(CCCCC(O)O)=N\C=C\1)c1nc2ccc(F)cc2[nH]1.CC. The number of rotatable bonds is 12. The number of unbranched alkanes of at least 4 members (excludes halogenated alkanes) is 1.